The quantitative estimate of drug-likeness (QED) is 0.867. The van der Waals surface area contributed by atoms with Crippen molar-refractivity contribution in [3.05, 3.63) is 24.1 Å². The number of benzene rings is 1. The lowest BCUT2D eigenvalue weighted by Gasteiger charge is -2.34. The summed E-state index contributed by atoms with van der Waals surface area (Å²) in [5.74, 6) is 0.749. The zero-order valence-electron chi connectivity index (χ0n) is 12.2. The van der Waals surface area contributed by atoms with Crippen LogP contribution >= 0.6 is 0 Å². The normalized spacial score (nSPS) is 18.1. The molecule has 1 aliphatic heterocycles. The second-order valence-electron chi connectivity index (χ2n) is 5.75. The number of nitrogens with zero attached hydrogens (tertiary/aromatic N) is 3. The first-order valence-electron chi connectivity index (χ1n) is 7.16. The molecule has 1 aromatic heterocycles. The fraction of sp³-hybridized carbons (Fsp3) is 0.533. The predicted octanol–water partition coefficient (Wildman–Crippen LogP) is 1.94. The van der Waals surface area contributed by atoms with Crippen LogP contribution in [0.2, 0.25) is 0 Å². The molecule has 0 radical (unpaired) electrons. The number of para-hydroxylation sites is 1. The second-order valence-corrected chi connectivity index (χ2v) is 5.75. The number of fused-ring (bicyclic) bond motifs is 1. The Bertz CT molecular complexity index is 587. The largest absolute Gasteiger partial charge is 0.439 e. The molecule has 1 saturated heterocycles. The average Bonchev–Trinajstić information content (AvgIpc) is 2.83. The third-order valence-electron chi connectivity index (χ3n) is 4.19. The van der Waals surface area contributed by atoms with Crippen LogP contribution in [0.1, 0.15) is 18.7 Å². The van der Waals surface area contributed by atoms with E-state index < -0.39 is 0 Å². The van der Waals surface area contributed by atoms with E-state index in [2.05, 4.69) is 28.9 Å². The first-order valence-corrected chi connectivity index (χ1v) is 7.16. The number of hydrogen-bond donors (Lipinski definition) is 1. The van der Waals surface area contributed by atoms with Crippen LogP contribution in [0.15, 0.2) is 22.6 Å². The van der Waals surface area contributed by atoms with E-state index in [9.17, 15) is 0 Å². The van der Waals surface area contributed by atoms with Gasteiger partial charge in [-0.15, -0.1) is 0 Å². The number of piperidine rings is 1. The molecular formula is C15H22N4O. The van der Waals surface area contributed by atoms with Gasteiger partial charge in [-0.05, 0) is 52.2 Å². The third kappa shape index (κ3) is 2.64. The van der Waals surface area contributed by atoms with E-state index in [1.807, 2.05) is 18.2 Å². The summed E-state index contributed by atoms with van der Waals surface area (Å²) >= 11 is 0. The Morgan fingerprint density at radius 2 is 2.15 bits per heavy atom. The number of aromatic nitrogens is 1. The monoisotopic (exact) mass is 274 g/mol. The van der Waals surface area contributed by atoms with Gasteiger partial charge in [0.05, 0.1) is 12.2 Å². The fourth-order valence-electron chi connectivity index (χ4n) is 2.86. The van der Waals surface area contributed by atoms with Crippen molar-refractivity contribution in [1.82, 2.24) is 14.8 Å². The van der Waals surface area contributed by atoms with Gasteiger partial charge in [-0.1, -0.05) is 6.07 Å². The molecule has 0 spiro atoms. The molecule has 0 saturated carbocycles. The Morgan fingerprint density at radius 3 is 2.85 bits per heavy atom. The molecule has 2 heterocycles. The molecule has 0 atom stereocenters. The summed E-state index contributed by atoms with van der Waals surface area (Å²) in [5.41, 5.74) is 8.15. The van der Waals surface area contributed by atoms with Crippen LogP contribution in [0.4, 0.5) is 5.69 Å². The van der Waals surface area contributed by atoms with Gasteiger partial charge in [0.15, 0.2) is 5.58 Å². The molecule has 5 heteroatoms. The minimum atomic E-state index is 0.610. The topological polar surface area (TPSA) is 58.5 Å². The number of likely N-dealkylation sites (tertiary alicyclic amines) is 1. The molecule has 0 aliphatic carbocycles. The maximum Gasteiger partial charge on any atom is 0.209 e. The summed E-state index contributed by atoms with van der Waals surface area (Å²) < 4.78 is 5.79. The molecule has 20 heavy (non-hydrogen) atoms. The summed E-state index contributed by atoms with van der Waals surface area (Å²) in [7, 11) is 4.33. The second kappa shape index (κ2) is 5.42. The average molecular weight is 274 g/mol. The third-order valence-corrected chi connectivity index (χ3v) is 4.19. The first-order chi connectivity index (χ1) is 9.63. The van der Waals surface area contributed by atoms with Crippen LogP contribution in [0.5, 0.6) is 0 Å². The molecule has 3 rings (SSSR count). The lowest BCUT2D eigenvalue weighted by Crippen LogP contribution is -2.41. The van der Waals surface area contributed by atoms with Crippen molar-refractivity contribution >= 4 is 16.8 Å². The summed E-state index contributed by atoms with van der Waals surface area (Å²) in [6.45, 7) is 3.06. The number of anilines is 1. The molecule has 2 aromatic rings. The lowest BCUT2D eigenvalue weighted by atomic mass is 10.0. The first kappa shape index (κ1) is 13.4. The molecule has 0 amide bonds. The van der Waals surface area contributed by atoms with Crippen molar-refractivity contribution in [2.45, 2.75) is 25.4 Å². The molecular weight excluding hydrogens is 252 g/mol. The zero-order chi connectivity index (χ0) is 14.1. The molecule has 2 N–H and O–H groups in total. The van der Waals surface area contributed by atoms with Gasteiger partial charge in [0, 0.05) is 6.04 Å². The number of rotatable bonds is 3. The Kier molecular flexibility index (Phi) is 3.63. The summed E-state index contributed by atoms with van der Waals surface area (Å²) in [5, 5.41) is 0. The van der Waals surface area contributed by atoms with Crippen LogP contribution in [0, 0.1) is 0 Å². The van der Waals surface area contributed by atoms with Gasteiger partial charge in [0.2, 0.25) is 5.89 Å². The minimum Gasteiger partial charge on any atom is -0.439 e. The van der Waals surface area contributed by atoms with E-state index in [4.69, 9.17) is 10.2 Å². The summed E-state index contributed by atoms with van der Waals surface area (Å²) in [6.07, 6.45) is 2.41. The van der Waals surface area contributed by atoms with Crippen LogP contribution in [0.3, 0.4) is 0 Å². The number of nitrogen functional groups attached to an aromatic ring is 1. The number of oxazole rings is 1. The predicted molar refractivity (Wildman–Crippen MR) is 80.4 cm³/mol. The van der Waals surface area contributed by atoms with Crippen LogP contribution in [0.25, 0.3) is 11.1 Å². The molecule has 1 aliphatic rings. The highest BCUT2D eigenvalue weighted by Gasteiger charge is 2.22. The van der Waals surface area contributed by atoms with E-state index >= 15 is 0 Å². The van der Waals surface area contributed by atoms with E-state index in [-0.39, 0.29) is 0 Å². The Balaban J connectivity index is 1.71. The summed E-state index contributed by atoms with van der Waals surface area (Å²) in [6, 6.07) is 6.28. The van der Waals surface area contributed by atoms with Crippen LogP contribution in [-0.2, 0) is 6.54 Å². The zero-order valence-corrected chi connectivity index (χ0v) is 12.2. The Hall–Kier alpha value is -1.59. The lowest BCUT2D eigenvalue weighted by molar-refractivity contribution is 0.131. The smallest absolute Gasteiger partial charge is 0.209 e. The fourth-order valence-corrected chi connectivity index (χ4v) is 2.86. The van der Waals surface area contributed by atoms with Gasteiger partial charge >= 0.3 is 0 Å². The standard InChI is InChI=1S/C15H22N4O/c1-18-8-6-11(7-9-18)19(2)10-14-17-15-12(16)4-3-5-13(15)20-14/h3-5,11H,6-10,16H2,1-2H3. The minimum absolute atomic E-state index is 0.610. The van der Waals surface area contributed by atoms with Crippen molar-refractivity contribution in [2.75, 3.05) is 32.9 Å². The van der Waals surface area contributed by atoms with E-state index in [1.54, 1.807) is 0 Å². The molecule has 1 aromatic carbocycles. The van der Waals surface area contributed by atoms with E-state index in [0.717, 1.165) is 36.6 Å². The van der Waals surface area contributed by atoms with Gasteiger partial charge in [-0.3, -0.25) is 4.90 Å². The van der Waals surface area contributed by atoms with Crippen LogP contribution < -0.4 is 5.73 Å². The maximum atomic E-state index is 5.92. The SMILES string of the molecule is CN1CCC(N(C)Cc2nc3c(N)cccc3o2)CC1. The Morgan fingerprint density at radius 1 is 1.40 bits per heavy atom. The highest BCUT2D eigenvalue weighted by Crippen LogP contribution is 2.23. The van der Waals surface area contributed by atoms with Gasteiger partial charge in [-0.2, -0.15) is 0 Å². The van der Waals surface area contributed by atoms with Gasteiger partial charge in [-0.25, -0.2) is 4.98 Å². The van der Waals surface area contributed by atoms with E-state index in [1.165, 1.54) is 12.8 Å². The molecule has 0 unspecified atom stereocenters. The van der Waals surface area contributed by atoms with Crippen LogP contribution in [-0.4, -0.2) is 48.0 Å². The highest BCUT2D eigenvalue weighted by atomic mass is 16.3. The Labute approximate surface area is 119 Å². The maximum absolute atomic E-state index is 5.92. The molecule has 108 valence electrons. The summed E-state index contributed by atoms with van der Waals surface area (Å²) in [4.78, 5) is 9.24. The van der Waals surface area contributed by atoms with Crippen molar-refractivity contribution in [3.8, 4) is 0 Å². The van der Waals surface area contributed by atoms with Crippen molar-refractivity contribution in [3.63, 3.8) is 0 Å². The van der Waals surface area contributed by atoms with Gasteiger partial charge in [0.1, 0.15) is 5.52 Å². The van der Waals surface area contributed by atoms with E-state index in [0.29, 0.717) is 11.7 Å². The van der Waals surface area contributed by atoms with Crippen molar-refractivity contribution in [1.29, 1.82) is 0 Å². The number of hydrogen-bond acceptors (Lipinski definition) is 5. The van der Waals surface area contributed by atoms with Gasteiger partial charge in [0.25, 0.3) is 0 Å². The van der Waals surface area contributed by atoms with Crippen molar-refractivity contribution < 1.29 is 4.42 Å². The van der Waals surface area contributed by atoms with Gasteiger partial charge < -0.3 is 15.1 Å². The highest BCUT2D eigenvalue weighted by molar-refractivity contribution is 5.85. The molecule has 0 bridgehead atoms. The molecule has 1 fully saturated rings. The molecule has 5 nitrogen and oxygen atoms in total. The van der Waals surface area contributed by atoms with Crippen molar-refractivity contribution in [2.24, 2.45) is 0 Å². The number of nitrogens with two attached hydrogens (primary N) is 1.